The molecule has 4 nitrogen and oxygen atoms in total. The molecule has 0 amide bonds. The lowest BCUT2D eigenvalue weighted by atomic mass is 10.1. The van der Waals surface area contributed by atoms with Gasteiger partial charge in [0.2, 0.25) is 0 Å². The molecule has 0 bridgehead atoms. The van der Waals surface area contributed by atoms with E-state index < -0.39 is 0 Å². The van der Waals surface area contributed by atoms with Crippen molar-refractivity contribution in [3.63, 3.8) is 0 Å². The Hall–Kier alpha value is -0.780. The van der Waals surface area contributed by atoms with Gasteiger partial charge in [-0.05, 0) is 18.9 Å². The summed E-state index contributed by atoms with van der Waals surface area (Å²) in [5.41, 5.74) is 0.924. The second-order valence-electron chi connectivity index (χ2n) is 4.18. The van der Waals surface area contributed by atoms with E-state index in [1.54, 1.807) is 7.11 Å². The van der Waals surface area contributed by atoms with Crippen LogP contribution in [0, 0.1) is 10.6 Å². The Morgan fingerprint density at radius 2 is 2.18 bits per heavy atom. The fraction of sp³-hybridized carbons (Fsp3) is 0.667. The maximum atomic E-state index is 5.70. The van der Waals surface area contributed by atoms with Crippen LogP contribution < -0.4 is 0 Å². The van der Waals surface area contributed by atoms with E-state index in [1.807, 2.05) is 13.0 Å². The van der Waals surface area contributed by atoms with Gasteiger partial charge < -0.3 is 14.5 Å². The summed E-state index contributed by atoms with van der Waals surface area (Å²) >= 11 is 5.15. The van der Waals surface area contributed by atoms with E-state index in [-0.39, 0.29) is 6.10 Å². The molecule has 0 aliphatic rings. The molecule has 0 spiro atoms. The van der Waals surface area contributed by atoms with Crippen molar-refractivity contribution in [2.75, 3.05) is 13.7 Å². The molecule has 0 saturated heterocycles. The molecule has 1 unspecified atom stereocenters. The van der Waals surface area contributed by atoms with Crippen molar-refractivity contribution in [1.82, 2.24) is 9.97 Å². The summed E-state index contributed by atoms with van der Waals surface area (Å²) in [5, 5.41) is 0. The second-order valence-corrected chi connectivity index (χ2v) is 4.60. The molecule has 17 heavy (non-hydrogen) atoms. The lowest BCUT2D eigenvalue weighted by molar-refractivity contribution is 0.0227. The van der Waals surface area contributed by atoms with Crippen molar-refractivity contribution in [3.05, 3.63) is 22.2 Å². The van der Waals surface area contributed by atoms with Crippen LogP contribution in [0.3, 0.4) is 0 Å². The average molecular weight is 256 g/mol. The number of rotatable bonds is 6. The zero-order valence-electron chi connectivity index (χ0n) is 10.8. The number of methoxy groups -OCH3 is 1. The van der Waals surface area contributed by atoms with Crippen LogP contribution in [0.15, 0.2) is 6.07 Å². The molecule has 1 N–H and O–H groups in total. The molecule has 0 aromatic carbocycles. The molecule has 1 heterocycles. The number of hydrogen-bond acceptors (Lipinski definition) is 4. The second kappa shape index (κ2) is 6.83. The van der Waals surface area contributed by atoms with Gasteiger partial charge in [-0.25, -0.2) is 4.98 Å². The quantitative estimate of drug-likeness (QED) is 0.795. The van der Waals surface area contributed by atoms with Crippen molar-refractivity contribution in [2.24, 2.45) is 5.92 Å². The number of aromatic nitrogens is 2. The normalized spacial score (nSPS) is 13.0. The van der Waals surface area contributed by atoms with E-state index in [4.69, 9.17) is 21.7 Å². The maximum Gasteiger partial charge on any atom is 0.137 e. The number of nitrogens with one attached hydrogen (secondary N) is 1. The summed E-state index contributed by atoms with van der Waals surface area (Å²) in [5.74, 6) is 1.12. The van der Waals surface area contributed by atoms with Gasteiger partial charge in [-0.1, -0.05) is 26.1 Å². The minimum Gasteiger partial charge on any atom is -0.378 e. The molecule has 1 aromatic heterocycles. The molecule has 1 rings (SSSR count). The molecule has 0 aliphatic carbocycles. The van der Waals surface area contributed by atoms with Gasteiger partial charge in [0.05, 0.1) is 6.61 Å². The van der Waals surface area contributed by atoms with Crippen LogP contribution in [0.2, 0.25) is 0 Å². The summed E-state index contributed by atoms with van der Waals surface area (Å²) in [6.07, 6.45) is -0.0569. The van der Waals surface area contributed by atoms with Crippen LogP contribution in [0.25, 0.3) is 0 Å². The Labute approximate surface area is 107 Å². The third-order valence-corrected chi connectivity index (χ3v) is 2.55. The predicted molar refractivity (Wildman–Crippen MR) is 69.3 cm³/mol. The summed E-state index contributed by atoms with van der Waals surface area (Å²) in [6, 6.07) is 1.81. The summed E-state index contributed by atoms with van der Waals surface area (Å²) in [7, 11) is 1.65. The minimum absolute atomic E-state index is 0.0569. The van der Waals surface area contributed by atoms with Gasteiger partial charge in [-0.3, -0.25) is 0 Å². The van der Waals surface area contributed by atoms with E-state index >= 15 is 0 Å². The smallest absolute Gasteiger partial charge is 0.137 e. The van der Waals surface area contributed by atoms with Gasteiger partial charge in [-0.15, -0.1) is 0 Å². The summed E-state index contributed by atoms with van der Waals surface area (Å²) in [6.45, 7) is 7.32. The monoisotopic (exact) mass is 256 g/mol. The fourth-order valence-electron chi connectivity index (χ4n) is 1.66. The molecule has 1 atom stereocenters. The Balaban J connectivity index is 3.05. The van der Waals surface area contributed by atoms with Crippen molar-refractivity contribution < 1.29 is 9.47 Å². The van der Waals surface area contributed by atoms with E-state index in [0.717, 1.165) is 11.5 Å². The van der Waals surface area contributed by atoms with Gasteiger partial charge >= 0.3 is 0 Å². The van der Waals surface area contributed by atoms with Crippen LogP contribution in [-0.2, 0) is 16.1 Å². The molecular formula is C12H20N2O2S. The van der Waals surface area contributed by atoms with E-state index in [0.29, 0.717) is 23.8 Å². The lowest BCUT2D eigenvalue weighted by Crippen LogP contribution is -2.15. The van der Waals surface area contributed by atoms with Gasteiger partial charge in [0.1, 0.15) is 16.6 Å². The first-order valence-corrected chi connectivity index (χ1v) is 6.20. The van der Waals surface area contributed by atoms with Crippen LogP contribution in [0.1, 0.15) is 38.4 Å². The first kappa shape index (κ1) is 14.3. The number of ether oxygens (including phenoxy) is 2. The Morgan fingerprint density at radius 3 is 2.71 bits per heavy atom. The van der Waals surface area contributed by atoms with Gasteiger partial charge in [0.15, 0.2) is 0 Å². The molecule has 5 heteroatoms. The maximum absolute atomic E-state index is 5.70. The highest BCUT2D eigenvalue weighted by atomic mass is 32.1. The SMILES string of the molecule is CCOC(c1nc(=S)cc(COC)[nH]1)C(C)C. The topological polar surface area (TPSA) is 47.1 Å². The van der Waals surface area contributed by atoms with Gasteiger partial charge in [-0.2, -0.15) is 0 Å². The van der Waals surface area contributed by atoms with Crippen LogP contribution in [0.4, 0.5) is 0 Å². The standard InChI is InChI=1S/C12H20N2O2S/c1-5-16-11(8(2)3)12-13-9(7-15-4)6-10(17)14-12/h6,8,11H,5,7H2,1-4H3,(H,13,14,17). The van der Waals surface area contributed by atoms with Crippen molar-refractivity contribution in [1.29, 1.82) is 0 Å². The van der Waals surface area contributed by atoms with Crippen LogP contribution in [0.5, 0.6) is 0 Å². The number of nitrogens with zero attached hydrogens (tertiary/aromatic N) is 1. The Morgan fingerprint density at radius 1 is 1.47 bits per heavy atom. The highest BCUT2D eigenvalue weighted by Gasteiger charge is 2.18. The summed E-state index contributed by atoms with van der Waals surface area (Å²) in [4.78, 5) is 7.56. The van der Waals surface area contributed by atoms with Crippen molar-refractivity contribution in [3.8, 4) is 0 Å². The number of H-pyrrole nitrogens is 1. The van der Waals surface area contributed by atoms with E-state index in [9.17, 15) is 0 Å². The van der Waals surface area contributed by atoms with Gasteiger partial charge in [0.25, 0.3) is 0 Å². The minimum atomic E-state index is -0.0569. The molecule has 1 aromatic rings. The van der Waals surface area contributed by atoms with E-state index in [2.05, 4.69) is 23.8 Å². The molecule has 0 radical (unpaired) electrons. The van der Waals surface area contributed by atoms with Crippen LogP contribution in [-0.4, -0.2) is 23.7 Å². The lowest BCUT2D eigenvalue weighted by Gasteiger charge is -2.20. The zero-order valence-corrected chi connectivity index (χ0v) is 11.6. The highest BCUT2D eigenvalue weighted by molar-refractivity contribution is 7.71. The first-order chi connectivity index (χ1) is 8.08. The number of hydrogen-bond donors (Lipinski definition) is 1. The average Bonchev–Trinajstić information content (AvgIpc) is 2.25. The first-order valence-electron chi connectivity index (χ1n) is 5.79. The Bertz CT molecular complexity index is 404. The highest BCUT2D eigenvalue weighted by Crippen LogP contribution is 2.22. The summed E-state index contributed by atoms with van der Waals surface area (Å²) < 4.78 is 11.4. The molecule has 96 valence electrons. The largest absolute Gasteiger partial charge is 0.378 e. The Kier molecular flexibility index (Phi) is 5.74. The van der Waals surface area contributed by atoms with Gasteiger partial charge in [0, 0.05) is 19.4 Å². The zero-order chi connectivity index (χ0) is 12.8. The van der Waals surface area contributed by atoms with E-state index in [1.165, 1.54) is 0 Å². The predicted octanol–water partition coefficient (Wildman–Crippen LogP) is 3.02. The molecule has 0 saturated carbocycles. The molecular weight excluding hydrogens is 236 g/mol. The van der Waals surface area contributed by atoms with Crippen molar-refractivity contribution >= 4 is 12.2 Å². The van der Waals surface area contributed by atoms with Crippen LogP contribution >= 0.6 is 12.2 Å². The van der Waals surface area contributed by atoms with Crippen molar-refractivity contribution in [2.45, 2.75) is 33.5 Å². The third kappa shape index (κ3) is 4.18. The fourth-order valence-corrected chi connectivity index (χ4v) is 1.90. The molecule has 0 fully saturated rings. The third-order valence-electron chi connectivity index (χ3n) is 2.34. The number of aromatic amines is 1. The molecule has 0 aliphatic heterocycles.